The van der Waals surface area contributed by atoms with Crippen molar-refractivity contribution in [1.82, 2.24) is 10.2 Å². The zero-order chi connectivity index (χ0) is 19.3. The summed E-state index contributed by atoms with van der Waals surface area (Å²) in [5.74, 6) is -0.833. The van der Waals surface area contributed by atoms with Crippen molar-refractivity contribution < 1.29 is 19.1 Å². The van der Waals surface area contributed by atoms with E-state index in [2.05, 4.69) is 5.32 Å². The van der Waals surface area contributed by atoms with Crippen molar-refractivity contribution >= 4 is 17.7 Å². The Hall–Kier alpha value is -1.47. The lowest BCUT2D eigenvalue weighted by Gasteiger charge is -2.30. The summed E-state index contributed by atoms with van der Waals surface area (Å²) in [7, 11) is 0. The number of ether oxygens (including phenoxy) is 1. The minimum atomic E-state index is -0.428. The van der Waals surface area contributed by atoms with Gasteiger partial charge in [-0.1, -0.05) is 6.92 Å². The maximum atomic E-state index is 12.2. The number of amides is 3. The van der Waals surface area contributed by atoms with Crippen LogP contribution in [0.5, 0.6) is 0 Å². The maximum absolute atomic E-state index is 12.2. The molecule has 0 aromatic rings. The number of rotatable bonds is 10. The van der Waals surface area contributed by atoms with Crippen molar-refractivity contribution in [2.75, 3.05) is 19.7 Å². The van der Waals surface area contributed by atoms with Gasteiger partial charge in [-0.05, 0) is 47.1 Å². The fraction of sp³-hybridized carbons (Fsp3) is 0.833. The van der Waals surface area contributed by atoms with Crippen LogP contribution in [0.25, 0.3) is 0 Å². The molecular formula is C18H33N3O4. The predicted molar refractivity (Wildman–Crippen MR) is 95.7 cm³/mol. The summed E-state index contributed by atoms with van der Waals surface area (Å²) >= 11 is 0. The molecule has 1 aliphatic heterocycles. The SMILES string of the molecule is CC1CC(=O)N(CCC(=O)NC(C)(C)CCOC(C)(C)CCN)C1=O. The molecule has 1 heterocycles. The molecule has 1 aliphatic rings. The number of nitrogens with zero attached hydrogens (tertiary/aromatic N) is 1. The van der Waals surface area contributed by atoms with Crippen molar-refractivity contribution in [3.63, 3.8) is 0 Å². The Bertz CT molecular complexity index is 503. The fourth-order valence-corrected chi connectivity index (χ4v) is 2.80. The van der Waals surface area contributed by atoms with Crippen LogP contribution in [-0.2, 0) is 19.1 Å². The van der Waals surface area contributed by atoms with E-state index in [-0.39, 0.29) is 48.6 Å². The summed E-state index contributed by atoms with van der Waals surface area (Å²) in [6, 6.07) is 0. The first kappa shape index (κ1) is 21.6. The molecule has 1 fully saturated rings. The van der Waals surface area contributed by atoms with Crippen LogP contribution in [0.4, 0.5) is 0 Å². The van der Waals surface area contributed by atoms with E-state index < -0.39 is 5.54 Å². The van der Waals surface area contributed by atoms with E-state index in [0.717, 1.165) is 6.42 Å². The number of carbonyl (C=O) groups excluding carboxylic acids is 3. The lowest BCUT2D eigenvalue weighted by molar-refractivity contribution is -0.139. The minimum absolute atomic E-state index is 0.118. The van der Waals surface area contributed by atoms with Crippen molar-refractivity contribution in [2.24, 2.45) is 11.7 Å². The Morgan fingerprint density at radius 1 is 1.28 bits per heavy atom. The molecule has 1 unspecified atom stereocenters. The molecule has 0 radical (unpaired) electrons. The zero-order valence-electron chi connectivity index (χ0n) is 16.2. The van der Waals surface area contributed by atoms with E-state index >= 15 is 0 Å². The van der Waals surface area contributed by atoms with Gasteiger partial charge in [-0.2, -0.15) is 0 Å². The molecule has 3 amide bonds. The van der Waals surface area contributed by atoms with E-state index in [4.69, 9.17) is 10.5 Å². The van der Waals surface area contributed by atoms with E-state index in [1.165, 1.54) is 4.90 Å². The Morgan fingerprint density at radius 2 is 1.92 bits per heavy atom. The van der Waals surface area contributed by atoms with Gasteiger partial charge >= 0.3 is 0 Å². The van der Waals surface area contributed by atoms with Gasteiger partial charge in [-0.25, -0.2) is 0 Å². The molecule has 1 atom stereocenters. The van der Waals surface area contributed by atoms with Gasteiger partial charge in [-0.3, -0.25) is 19.3 Å². The molecule has 144 valence electrons. The lowest BCUT2D eigenvalue weighted by Crippen LogP contribution is -2.46. The smallest absolute Gasteiger partial charge is 0.232 e. The number of hydrogen-bond acceptors (Lipinski definition) is 5. The molecule has 0 aromatic heterocycles. The monoisotopic (exact) mass is 355 g/mol. The molecule has 7 heteroatoms. The van der Waals surface area contributed by atoms with Crippen molar-refractivity contribution in [2.45, 2.75) is 71.4 Å². The Balaban J connectivity index is 2.37. The van der Waals surface area contributed by atoms with Crippen molar-refractivity contribution in [1.29, 1.82) is 0 Å². The van der Waals surface area contributed by atoms with Crippen LogP contribution >= 0.6 is 0 Å². The Morgan fingerprint density at radius 3 is 2.44 bits per heavy atom. The highest BCUT2D eigenvalue weighted by atomic mass is 16.5. The summed E-state index contributed by atoms with van der Waals surface area (Å²) in [5.41, 5.74) is 4.86. The van der Waals surface area contributed by atoms with E-state index in [1.807, 2.05) is 27.7 Å². The summed E-state index contributed by atoms with van der Waals surface area (Å²) in [6.45, 7) is 10.8. The van der Waals surface area contributed by atoms with Gasteiger partial charge in [0, 0.05) is 37.5 Å². The molecule has 25 heavy (non-hydrogen) atoms. The van der Waals surface area contributed by atoms with E-state index in [9.17, 15) is 14.4 Å². The normalized spacial score (nSPS) is 18.8. The lowest BCUT2D eigenvalue weighted by atomic mass is 10.00. The largest absolute Gasteiger partial charge is 0.375 e. The minimum Gasteiger partial charge on any atom is -0.375 e. The molecule has 7 nitrogen and oxygen atoms in total. The number of hydrogen-bond donors (Lipinski definition) is 2. The summed E-state index contributed by atoms with van der Waals surface area (Å²) in [6.07, 6.45) is 1.79. The molecule has 0 aliphatic carbocycles. The Labute approximate surface area is 150 Å². The molecule has 0 aromatic carbocycles. The Kier molecular flexibility index (Phi) is 7.56. The number of carbonyl (C=O) groups is 3. The molecule has 0 spiro atoms. The average Bonchev–Trinajstić information content (AvgIpc) is 2.69. The molecule has 0 saturated carbocycles. The number of nitrogens with one attached hydrogen (secondary N) is 1. The van der Waals surface area contributed by atoms with Gasteiger partial charge in [0.15, 0.2) is 0 Å². The molecule has 0 bridgehead atoms. The van der Waals surface area contributed by atoms with Gasteiger partial charge in [0.25, 0.3) is 0 Å². The van der Waals surface area contributed by atoms with Crippen LogP contribution < -0.4 is 11.1 Å². The van der Waals surface area contributed by atoms with E-state index in [1.54, 1.807) is 6.92 Å². The van der Waals surface area contributed by atoms with Gasteiger partial charge in [-0.15, -0.1) is 0 Å². The fourth-order valence-electron chi connectivity index (χ4n) is 2.80. The van der Waals surface area contributed by atoms with Crippen LogP contribution in [0.2, 0.25) is 0 Å². The predicted octanol–water partition coefficient (Wildman–Crippen LogP) is 1.20. The first-order chi connectivity index (χ1) is 11.5. The van der Waals surface area contributed by atoms with Gasteiger partial charge in [0.2, 0.25) is 17.7 Å². The van der Waals surface area contributed by atoms with Crippen LogP contribution in [-0.4, -0.2) is 53.5 Å². The molecular weight excluding hydrogens is 322 g/mol. The van der Waals surface area contributed by atoms with Gasteiger partial charge in [0.05, 0.1) is 5.60 Å². The number of nitrogens with two attached hydrogens (primary N) is 1. The zero-order valence-corrected chi connectivity index (χ0v) is 16.2. The maximum Gasteiger partial charge on any atom is 0.232 e. The van der Waals surface area contributed by atoms with Crippen molar-refractivity contribution in [3.05, 3.63) is 0 Å². The average molecular weight is 355 g/mol. The van der Waals surface area contributed by atoms with Crippen LogP contribution in [0.15, 0.2) is 0 Å². The highest BCUT2D eigenvalue weighted by Gasteiger charge is 2.35. The highest BCUT2D eigenvalue weighted by Crippen LogP contribution is 2.19. The second-order valence-electron chi connectivity index (χ2n) is 8.07. The third-order valence-electron chi connectivity index (χ3n) is 4.48. The molecule has 1 saturated heterocycles. The third-order valence-corrected chi connectivity index (χ3v) is 4.48. The first-order valence-corrected chi connectivity index (χ1v) is 8.97. The molecule has 3 N–H and O–H groups in total. The van der Waals surface area contributed by atoms with Crippen LogP contribution in [0.1, 0.15) is 60.3 Å². The number of imide groups is 1. The van der Waals surface area contributed by atoms with E-state index in [0.29, 0.717) is 19.6 Å². The number of likely N-dealkylation sites (tertiary alicyclic amines) is 1. The summed E-state index contributed by atoms with van der Waals surface area (Å²) < 4.78 is 5.84. The van der Waals surface area contributed by atoms with Crippen molar-refractivity contribution in [3.8, 4) is 0 Å². The molecule has 1 rings (SSSR count). The topological polar surface area (TPSA) is 102 Å². The first-order valence-electron chi connectivity index (χ1n) is 8.97. The highest BCUT2D eigenvalue weighted by molar-refractivity contribution is 6.03. The quantitative estimate of drug-likeness (QED) is 0.573. The van der Waals surface area contributed by atoms with Gasteiger partial charge in [0.1, 0.15) is 0 Å². The standard InChI is InChI=1S/C18H33N3O4/c1-13-12-15(23)21(16(13)24)10-6-14(22)20-17(2,3)8-11-25-18(4,5)7-9-19/h13H,6-12,19H2,1-5H3,(H,20,22). The van der Waals surface area contributed by atoms with Crippen LogP contribution in [0, 0.1) is 5.92 Å². The summed E-state index contributed by atoms with van der Waals surface area (Å²) in [5, 5.41) is 2.95. The summed E-state index contributed by atoms with van der Waals surface area (Å²) in [4.78, 5) is 36.9. The van der Waals surface area contributed by atoms with Gasteiger partial charge < -0.3 is 15.8 Å². The van der Waals surface area contributed by atoms with Crippen LogP contribution in [0.3, 0.4) is 0 Å². The second kappa shape index (κ2) is 8.76. The second-order valence-corrected chi connectivity index (χ2v) is 8.07. The third kappa shape index (κ3) is 7.12.